The molecule has 2 fully saturated rings. The van der Waals surface area contributed by atoms with Crippen LogP contribution in [0.3, 0.4) is 0 Å². The molecule has 0 aromatic rings. The summed E-state index contributed by atoms with van der Waals surface area (Å²) < 4.78 is 0. The summed E-state index contributed by atoms with van der Waals surface area (Å²) in [7, 11) is 0. The average molecular weight is 439 g/mol. The van der Waals surface area contributed by atoms with Crippen LogP contribution in [-0.4, -0.2) is 0 Å². The zero-order chi connectivity index (χ0) is 12.2. The Balaban J connectivity index is 0.000000333. The summed E-state index contributed by atoms with van der Waals surface area (Å²) in [5, 5.41) is 0. The van der Waals surface area contributed by atoms with Crippen molar-refractivity contribution in [2.24, 2.45) is 0 Å². The Kier molecular flexibility index (Phi) is 10.5. The molecule has 2 saturated carbocycles. The van der Waals surface area contributed by atoms with E-state index in [4.69, 9.17) is 0 Å². The standard InChI is InChI=1S/2C9H7.2CH3.Hf/c2*1-2-5-9-7-3-6-8(9)4-1;;;/h2*1-7H;2*1H3;/q;;2*-1;. The third-order valence-electron chi connectivity index (χ3n) is 3.10. The Morgan fingerprint density at radius 1 is 0.429 bits per heavy atom. The van der Waals surface area contributed by atoms with Gasteiger partial charge in [-0.3, -0.25) is 0 Å². The Morgan fingerprint density at radius 3 is 0.905 bits per heavy atom. The van der Waals surface area contributed by atoms with Gasteiger partial charge in [0.1, 0.15) is 0 Å². The largest absolute Gasteiger partial charge is 0.358 e. The van der Waals surface area contributed by atoms with Gasteiger partial charge in [-0.15, -0.1) is 0 Å². The normalized spacial score (nSPS) is 23.2. The zero-order valence-corrected chi connectivity index (χ0v) is 16.2. The summed E-state index contributed by atoms with van der Waals surface area (Å²) >= 11 is 0. The first-order valence-electron chi connectivity index (χ1n) is 6.14. The van der Waals surface area contributed by atoms with Crippen LogP contribution in [0.25, 0.3) is 0 Å². The molecule has 0 spiro atoms. The third kappa shape index (κ3) is 5.51. The van der Waals surface area contributed by atoms with Crippen LogP contribution in [0.2, 0.25) is 0 Å². The van der Waals surface area contributed by atoms with Crippen molar-refractivity contribution in [3.8, 4) is 0 Å². The molecule has 0 unspecified atom stereocenters. The van der Waals surface area contributed by atoms with E-state index >= 15 is 0 Å². The first-order valence-corrected chi connectivity index (χ1v) is 6.14. The first kappa shape index (κ1) is 20.8. The quantitative estimate of drug-likeness (QED) is 0.381. The minimum Gasteiger partial charge on any atom is -0.358 e. The number of hydrogen-bond donors (Lipinski definition) is 0. The molecule has 10 radical (unpaired) electrons. The molecule has 4 aliphatic carbocycles. The summed E-state index contributed by atoms with van der Waals surface area (Å²) in [4.78, 5) is 0. The van der Waals surface area contributed by atoms with E-state index in [1.165, 1.54) is 23.7 Å². The smallest absolute Gasteiger partial charge is 0.0124 e. The van der Waals surface area contributed by atoms with Gasteiger partial charge < -0.3 is 14.9 Å². The molecule has 0 N–H and O–H groups in total. The molecular weight excluding hydrogens is 419 g/mol. The molecule has 21 heavy (non-hydrogen) atoms. The van der Waals surface area contributed by atoms with E-state index < -0.39 is 0 Å². The second-order valence-electron chi connectivity index (χ2n) is 4.31. The van der Waals surface area contributed by atoms with Gasteiger partial charge in [0.15, 0.2) is 0 Å². The number of allylic oxidation sites excluding steroid dienone is 8. The summed E-state index contributed by atoms with van der Waals surface area (Å²) in [6.07, 6.45) is 29.3. The molecule has 4 aliphatic rings. The fourth-order valence-electron chi connectivity index (χ4n) is 2.14. The van der Waals surface area contributed by atoms with Crippen LogP contribution in [0.4, 0.5) is 0 Å². The molecule has 0 aromatic heterocycles. The third-order valence-corrected chi connectivity index (χ3v) is 3.10. The van der Waals surface area contributed by atoms with E-state index in [2.05, 4.69) is 87.1 Å². The Labute approximate surface area is 151 Å². The zero-order valence-electron chi connectivity index (χ0n) is 12.6. The van der Waals surface area contributed by atoms with E-state index in [1.807, 2.05) is 0 Å². The second-order valence-corrected chi connectivity index (χ2v) is 4.31. The number of rotatable bonds is 0. The van der Waals surface area contributed by atoms with Gasteiger partial charge in [-0.25, -0.2) is 0 Å². The average Bonchev–Trinajstić information content (AvgIpc) is 3.08. The second kappa shape index (κ2) is 10.5. The van der Waals surface area contributed by atoms with Crippen molar-refractivity contribution in [2.75, 3.05) is 0 Å². The van der Waals surface area contributed by atoms with Gasteiger partial charge in [0.05, 0.1) is 0 Å². The molecule has 0 heterocycles. The summed E-state index contributed by atoms with van der Waals surface area (Å²) in [6, 6.07) is 0. The molecule has 0 amide bonds. The van der Waals surface area contributed by atoms with Gasteiger partial charge in [0, 0.05) is 49.5 Å². The molecule has 0 atom stereocenters. The molecular formula is C20H20Hf-2. The Bertz CT molecular complexity index is 315. The van der Waals surface area contributed by atoms with Crippen LogP contribution in [0.1, 0.15) is 0 Å². The van der Waals surface area contributed by atoms with E-state index in [0.717, 1.165) is 0 Å². The molecule has 0 aromatic carbocycles. The van der Waals surface area contributed by atoms with E-state index in [0.29, 0.717) is 0 Å². The van der Waals surface area contributed by atoms with E-state index in [-0.39, 0.29) is 40.7 Å². The van der Waals surface area contributed by atoms with Crippen LogP contribution in [-0.2, 0) is 25.8 Å². The summed E-state index contributed by atoms with van der Waals surface area (Å²) in [5.74, 6) is 5.32. The maximum absolute atomic E-state index is 2.12. The minimum atomic E-state index is 0. The predicted octanol–water partition coefficient (Wildman–Crippen LogP) is 4.67. The maximum atomic E-state index is 2.12. The molecule has 4 rings (SSSR count). The van der Waals surface area contributed by atoms with Crippen molar-refractivity contribution < 1.29 is 25.8 Å². The van der Waals surface area contributed by atoms with Gasteiger partial charge >= 0.3 is 0 Å². The van der Waals surface area contributed by atoms with Crippen molar-refractivity contribution in [3.63, 3.8) is 0 Å². The van der Waals surface area contributed by atoms with Crippen molar-refractivity contribution >= 4 is 0 Å². The van der Waals surface area contributed by atoms with Crippen molar-refractivity contribution in [1.29, 1.82) is 0 Å². The molecule has 0 nitrogen and oxygen atoms in total. The van der Waals surface area contributed by atoms with Gasteiger partial charge in [-0.2, -0.15) is 0 Å². The summed E-state index contributed by atoms with van der Waals surface area (Å²) in [6.45, 7) is 0. The van der Waals surface area contributed by atoms with E-state index in [1.54, 1.807) is 0 Å². The molecule has 1 heteroatoms. The van der Waals surface area contributed by atoms with Crippen LogP contribution in [0.15, 0.2) is 48.6 Å². The van der Waals surface area contributed by atoms with Crippen molar-refractivity contribution in [1.82, 2.24) is 0 Å². The topological polar surface area (TPSA) is 0 Å². The van der Waals surface area contributed by atoms with Gasteiger partial charge in [0.25, 0.3) is 0 Å². The van der Waals surface area contributed by atoms with Crippen LogP contribution >= 0.6 is 0 Å². The van der Waals surface area contributed by atoms with Crippen molar-refractivity contribution in [2.45, 2.75) is 0 Å². The van der Waals surface area contributed by atoms with Crippen molar-refractivity contribution in [3.05, 3.63) is 126 Å². The van der Waals surface area contributed by atoms with Gasteiger partial charge in [0.2, 0.25) is 0 Å². The predicted molar refractivity (Wildman–Crippen MR) is 88.2 cm³/mol. The fourth-order valence-corrected chi connectivity index (χ4v) is 2.14. The van der Waals surface area contributed by atoms with Crippen LogP contribution in [0.5, 0.6) is 0 Å². The maximum Gasteiger partial charge on any atom is 0.0124 e. The summed E-state index contributed by atoms with van der Waals surface area (Å²) in [5.41, 5.74) is 0. The Morgan fingerprint density at radius 2 is 0.667 bits per heavy atom. The Hall–Kier alpha value is -0.170. The van der Waals surface area contributed by atoms with Crippen LogP contribution < -0.4 is 0 Å². The molecule has 106 valence electrons. The SMILES string of the molecule is [CH3-].[CH3-].[CH]1[CH][C]2C=CC=C[C]2[CH]1.[CH]1[CH][C]2C=CC=C[C]2[CH]1.[Hf]. The van der Waals surface area contributed by atoms with Gasteiger partial charge in [-0.05, 0) is 38.5 Å². The minimum absolute atomic E-state index is 0. The van der Waals surface area contributed by atoms with Gasteiger partial charge in [-0.1, -0.05) is 48.6 Å². The number of fused-ring (bicyclic) bond motifs is 2. The monoisotopic (exact) mass is 440 g/mol. The molecule has 0 bridgehead atoms. The molecule has 0 saturated heterocycles. The fraction of sp³-hybridized carbons (Fsp3) is 0. The van der Waals surface area contributed by atoms with Crippen LogP contribution in [0, 0.1) is 77.0 Å². The first-order chi connectivity index (χ1) is 8.93. The van der Waals surface area contributed by atoms with E-state index in [9.17, 15) is 0 Å². The number of hydrogen-bond acceptors (Lipinski definition) is 0. The molecule has 0 aliphatic heterocycles.